The minimum Gasteiger partial charge on any atom is -0.441 e. The molecule has 2 fully saturated rings. The Hall–Kier alpha value is -0.730. The van der Waals surface area contributed by atoms with Gasteiger partial charge < -0.3 is 10.1 Å². The molecule has 3 heteroatoms. The summed E-state index contributed by atoms with van der Waals surface area (Å²) in [7, 11) is 0. The van der Waals surface area contributed by atoms with Gasteiger partial charge >= 0.3 is 6.09 Å². The Morgan fingerprint density at radius 1 is 1.07 bits per heavy atom. The Balaban J connectivity index is 2.23. The van der Waals surface area contributed by atoms with Crippen LogP contribution in [0.3, 0.4) is 0 Å². The summed E-state index contributed by atoms with van der Waals surface area (Å²) in [4.78, 5) is 11.2. The van der Waals surface area contributed by atoms with Crippen molar-refractivity contribution < 1.29 is 9.53 Å². The highest BCUT2D eigenvalue weighted by Crippen LogP contribution is 2.52. The molecule has 0 aromatic carbocycles. The van der Waals surface area contributed by atoms with Crippen LogP contribution < -0.4 is 5.32 Å². The van der Waals surface area contributed by atoms with Gasteiger partial charge in [-0.2, -0.15) is 0 Å². The van der Waals surface area contributed by atoms with E-state index >= 15 is 0 Å². The Morgan fingerprint density at radius 2 is 1.60 bits per heavy atom. The number of alkyl carbamates (subject to hydrolysis) is 1. The second-order valence-electron chi connectivity index (χ2n) is 6.78. The number of carbonyl (C=O) groups is 1. The summed E-state index contributed by atoms with van der Waals surface area (Å²) < 4.78 is 5.51. The van der Waals surface area contributed by atoms with Crippen LogP contribution in [0.25, 0.3) is 0 Å². The zero-order valence-electron chi connectivity index (χ0n) is 10.1. The molecule has 2 aliphatic rings. The van der Waals surface area contributed by atoms with Crippen molar-refractivity contribution >= 4 is 6.09 Å². The molecule has 1 spiro atoms. The van der Waals surface area contributed by atoms with E-state index in [1.807, 2.05) is 0 Å². The first-order valence-corrected chi connectivity index (χ1v) is 5.69. The summed E-state index contributed by atoms with van der Waals surface area (Å²) >= 11 is 0. The SMILES string of the molecule is CC1(C)CC(C)(C)CC2(CNC(=O)O2)C1. The van der Waals surface area contributed by atoms with Gasteiger partial charge in [0.15, 0.2) is 0 Å². The summed E-state index contributed by atoms with van der Waals surface area (Å²) in [5.41, 5.74) is 0.268. The average molecular weight is 211 g/mol. The van der Waals surface area contributed by atoms with Crippen molar-refractivity contribution in [1.29, 1.82) is 0 Å². The van der Waals surface area contributed by atoms with E-state index in [0.717, 1.165) is 12.8 Å². The molecule has 1 N–H and O–H groups in total. The summed E-state index contributed by atoms with van der Waals surface area (Å²) in [5, 5.41) is 2.79. The first kappa shape index (κ1) is 10.8. The fourth-order valence-electron chi connectivity index (χ4n) is 3.93. The molecule has 1 amide bonds. The zero-order valence-corrected chi connectivity index (χ0v) is 10.1. The highest BCUT2D eigenvalue weighted by Gasteiger charge is 2.52. The second-order valence-corrected chi connectivity index (χ2v) is 6.78. The molecule has 1 heterocycles. The lowest BCUT2D eigenvalue weighted by atomic mass is 9.59. The predicted octanol–water partition coefficient (Wildman–Crippen LogP) is 2.70. The maximum atomic E-state index is 11.2. The van der Waals surface area contributed by atoms with Crippen LogP contribution >= 0.6 is 0 Å². The summed E-state index contributed by atoms with van der Waals surface area (Å²) in [5.74, 6) is 0. The van der Waals surface area contributed by atoms with Crippen LogP contribution in [-0.4, -0.2) is 18.2 Å². The molecule has 0 radical (unpaired) electrons. The third-order valence-corrected chi connectivity index (χ3v) is 3.42. The lowest BCUT2D eigenvalue weighted by molar-refractivity contribution is -0.0639. The van der Waals surface area contributed by atoms with Crippen LogP contribution in [0.5, 0.6) is 0 Å². The van der Waals surface area contributed by atoms with Crippen molar-refractivity contribution in [2.75, 3.05) is 6.54 Å². The molecule has 1 aliphatic heterocycles. The standard InChI is InChI=1S/C12H21NO2/c1-10(2)5-11(3,4)7-12(6-10)8-13-9(14)15-12/h5-8H2,1-4H3,(H,13,14). The monoisotopic (exact) mass is 211 g/mol. The van der Waals surface area contributed by atoms with Crippen LogP contribution in [0.15, 0.2) is 0 Å². The van der Waals surface area contributed by atoms with Gasteiger partial charge in [-0.1, -0.05) is 27.7 Å². The fraction of sp³-hybridized carbons (Fsp3) is 0.917. The summed E-state index contributed by atoms with van der Waals surface area (Å²) in [6.07, 6.45) is 2.90. The number of nitrogens with one attached hydrogen (secondary N) is 1. The number of rotatable bonds is 0. The van der Waals surface area contributed by atoms with Gasteiger partial charge in [0.2, 0.25) is 0 Å². The Bertz CT molecular complexity index is 278. The molecule has 0 unspecified atom stereocenters. The lowest BCUT2D eigenvalue weighted by Gasteiger charge is -2.48. The second kappa shape index (κ2) is 2.89. The van der Waals surface area contributed by atoms with E-state index in [0.29, 0.717) is 6.54 Å². The molecular weight excluding hydrogens is 190 g/mol. The summed E-state index contributed by atoms with van der Waals surface area (Å²) in [6.45, 7) is 9.74. The molecular formula is C12H21NO2. The van der Waals surface area contributed by atoms with Gasteiger partial charge in [0.05, 0.1) is 6.54 Å². The van der Waals surface area contributed by atoms with Crippen molar-refractivity contribution in [2.24, 2.45) is 10.8 Å². The van der Waals surface area contributed by atoms with E-state index in [4.69, 9.17) is 4.74 Å². The molecule has 0 bridgehead atoms. The van der Waals surface area contributed by atoms with Crippen molar-refractivity contribution in [2.45, 2.75) is 52.6 Å². The lowest BCUT2D eigenvalue weighted by Crippen LogP contribution is -2.48. The van der Waals surface area contributed by atoms with Crippen LogP contribution in [0, 0.1) is 10.8 Å². The van der Waals surface area contributed by atoms with Crippen molar-refractivity contribution in [3.63, 3.8) is 0 Å². The van der Waals surface area contributed by atoms with Gasteiger partial charge in [0.25, 0.3) is 0 Å². The molecule has 0 atom stereocenters. The molecule has 0 aromatic rings. The van der Waals surface area contributed by atoms with Crippen LogP contribution in [-0.2, 0) is 4.74 Å². The van der Waals surface area contributed by atoms with E-state index in [9.17, 15) is 4.79 Å². The molecule has 86 valence electrons. The molecule has 1 saturated heterocycles. The topological polar surface area (TPSA) is 38.3 Å². The smallest absolute Gasteiger partial charge is 0.407 e. The first-order valence-electron chi connectivity index (χ1n) is 5.69. The molecule has 3 nitrogen and oxygen atoms in total. The van der Waals surface area contributed by atoms with Gasteiger partial charge in [0, 0.05) is 0 Å². The number of hydrogen-bond acceptors (Lipinski definition) is 2. The highest BCUT2D eigenvalue weighted by molar-refractivity contribution is 5.70. The van der Waals surface area contributed by atoms with Crippen LogP contribution in [0.4, 0.5) is 4.79 Å². The van der Waals surface area contributed by atoms with Crippen molar-refractivity contribution in [3.05, 3.63) is 0 Å². The molecule has 15 heavy (non-hydrogen) atoms. The zero-order chi connectivity index (χ0) is 11.3. The fourth-order valence-corrected chi connectivity index (χ4v) is 3.93. The molecule has 1 aliphatic carbocycles. The highest BCUT2D eigenvalue weighted by atomic mass is 16.6. The van der Waals surface area contributed by atoms with Gasteiger partial charge in [-0.25, -0.2) is 4.79 Å². The maximum absolute atomic E-state index is 11.2. The van der Waals surface area contributed by atoms with E-state index in [-0.39, 0.29) is 22.5 Å². The quantitative estimate of drug-likeness (QED) is 0.669. The van der Waals surface area contributed by atoms with Gasteiger partial charge in [-0.3, -0.25) is 0 Å². The van der Waals surface area contributed by atoms with Crippen LogP contribution in [0.1, 0.15) is 47.0 Å². The predicted molar refractivity (Wildman–Crippen MR) is 58.6 cm³/mol. The maximum Gasteiger partial charge on any atom is 0.407 e. The van der Waals surface area contributed by atoms with Crippen LogP contribution in [0.2, 0.25) is 0 Å². The number of carbonyl (C=O) groups excluding carboxylic acids is 1. The van der Waals surface area contributed by atoms with Gasteiger partial charge in [0.1, 0.15) is 5.60 Å². The number of amides is 1. The minimum absolute atomic E-state index is 0.247. The Labute approximate surface area is 91.6 Å². The van der Waals surface area contributed by atoms with E-state index < -0.39 is 0 Å². The Kier molecular flexibility index (Phi) is 2.08. The minimum atomic E-state index is -0.248. The normalized spacial score (nSPS) is 31.1. The van der Waals surface area contributed by atoms with E-state index in [2.05, 4.69) is 33.0 Å². The Morgan fingerprint density at radius 3 is 2.00 bits per heavy atom. The van der Waals surface area contributed by atoms with Crippen molar-refractivity contribution in [1.82, 2.24) is 5.32 Å². The summed E-state index contributed by atoms with van der Waals surface area (Å²) in [6, 6.07) is 0. The van der Waals surface area contributed by atoms with E-state index in [1.54, 1.807) is 0 Å². The van der Waals surface area contributed by atoms with Crippen molar-refractivity contribution in [3.8, 4) is 0 Å². The van der Waals surface area contributed by atoms with Gasteiger partial charge in [-0.15, -0.1) is 0 Å². The third kappa shape index (κ3) is 2.11. The van der Waals surface area contributed by atoms with E-state index in [1.165, 1.54) is 6.42 Å². The first-order chi connectivity index (χ1) is 6.72. The molecule has 0 aromatic heterocycles. The average Bonchev–Trinajstić information content (AvgIpc) is 2.23. The largest absolute Gasteiger partial charge is 0.441 e. The number of hydrogen-bond donors (Lipinski definition) is 1. The molecule has 2 rings (SSSR count). The number of ether oxygens (including phenoxy) is 1. The molecule has 1 saturated carbocycles. The third-order valence-electron chi connectivity index (χ3n) is 3.42. The van der Waals surface area contributed by atoms with Gasteiger partial charge in [-0.05, 0) is 30.1 Å².